The highest BCUT2D eigenvalue weighted by molar-refractivity contribution is 9.10. The zero-order chi connectivity index (χ0) is 10.6. The summed E-state index contributed by atoms with van der Waals surface area (Å²) in [7, 11) is 0. The van der Waals surface area contributed by atoms with Crippen molar-refractivity contribution in [3.05, 3.63) is 34.1 Å². The van der Waals surface area contributed by atoms with E-state index in [0.717, 1.165) is 0 Å². The van der Waals surface area contributed by atoms with Gasteiger partial charge in [-0.3, -0.25) is 4.79 Å². The molecule has 0 radical (unpaired) electrons. The van der Waals surface area contributed by atoms with Crippen molar-refractivity contribution >= 4 is 33.3 Å². The first-order chi connectivity index (χ1) is 6.65. The van der Waals surface area contributed by atoms with Gasteiger partial charge < -0.3 is 0 Å². The van der Waals surface area contributed by atoms with Crippen molar-refractivity contribution in [3.8, 4) is 0 Å². The lowest BCUT2D eigenvalue weighted by molar-refractivity contribution is -0.118. The Balaban J connectivity index is 2.76. The highest BCUT2D eigenvalue weighted by atomic mass is 79.9. The van der Waals surface area contributed by atoms with Crippen molar-refractivity contribution in [2.75, 3.05) is 5.88 Å². The van der Waals surface area contributed by atoms with Gasteiger partial charge in [0.05, 0.1) is 4.47 Å². The van der Waals surface area contributed by atoms with Crippen LogP contribution < -0.4 is 0 Å². The Morgan fingerprint density at radius 2 is 2.21 bits per heavy atom. The Labute approximate surface area is 95.4 Å². The van der Waals surface area contributed by atoms with Crippen molar-refractivity contribution in [1.82, 2.24) is 0 Å². The fourth-order valence-corrected chi connectivity index (χ4v) is 1.71. The number of halogens is 3. The Morgan fingerprint density at radius 3 is 2.86 bits per heavy atom. The zero-order valence-corrected chi connectivity index (χ0v) is 9.74. The third kappa shape index (κ3) is 3.07. The minimum Gasteiger partial charge on any atom is -0.299 e. The number of alkyl halides is 1. The molecule has 0 aromatic heterocycles. The van der Waals surface area contributed by atoms with Crippen molar-refractivity contribution < 1.29 is 9.18 Å². The van der Waals surface area contributed by atoms with Crippen LogP contribution in [0.2, 0.25) is 0 Å². The molecule has 76 valence electrons. The van der Waals surface area contributed by atoms with E-state index in [0.29, 0.717) is 22.3 Å². The number of hydrogen-bond acceptors (Lipinski definition) is 1. The zero-order valence-electron chi connectivity index (χ0n) is 7.40. The average Bonchev–Trinajstić information content (AvgIpc) is 2.13. The predicted molar refractivity (Wildman–Crippen MR) is 58.1 cm³/mol. The van der Waals surface area contributed by atoms with Crippen LogP contribution in [0.15, 0.2) is 22.7 Å². The molecule has 0 aliphatic carbocycles. The smallest absolute Gasteiger partial charge is 0.138 e. The first-order valence-corrected chi connectivity index (χ1v) is 5.48. The van der Waals surface area contributed by atoms with E-state index in [1.807, 2.05) is 0 Å². The largest absolute Gasteiger partial charge is 0.299 e. The van der Waals surface area contributed by atoms with Crippen molar-refractivity contribution in [2.45, 2.75) is 12.8 Å². The first kappa shape index (κ1) is 11.7. The van der Waals surface area contributed by atoms with Gasteiger partial charge in [0.1, 0.15) is 11.6 Å². The lowest BCUT2D eigenvalue weighted by Crippen LogP contribution is -2.04. The van der Waals surface area contributed by atoms with Gasteiger partial charge in [-0.25, -0.2) is 4.39 Å². The average molecular weight is 280 g/mol. The summed E-state index contributed by atoms with van der Waals surface area (Å²) in [6, 6.07) is 4.66. The van der Waals surface area contributed by atoms with E-state index in [4.69, 9.17) is 11.6 Å². The fraction of sp³-hybridized carbons (Fsp3) is 0.300. The molecule has 4 heteroatoms. The molecule has 0 unspecified atom stereocenters. The van der Waals surface area contributed by atoms with Gasteiger partial charge in [-0.15, -0.1) is 11.6 Å². The molecule has 1 nitrogen and oxygen atoms in total. The molecular formula is C10H9BrClFO. The minimum atomic E-state index is -0.346. The van der Waals surface area contributed by atoms with Crippen LogP contribution in [0.1, 0.15) is 12.0 Å². The number of hydrogen-bond donors (Lipinski definition) is 0. The first-order valence-electron chi connectivity index (χ1n) is 4.15. The van der Waals surface area contributed by atoms with Gasteiger partial charge in [0.25, 0.3) is 0 Å². The number of Topliss-reactive ketones (excluding diaryl/α,β-unsaturated/α-hetero) is 1. The highest BCUT2D eigenvalue weighted by Crippen LogP contribution is 2.21. The monoisotopic (exact) mass is 278 g/mol. The fourth-order valence-electron chi connectivity index (χ4n) is 1.09. The maximum atomic E-state index is 13.0. The molecule has 0 heterocycles. The van der Waals surface area contributed by atoms with Gasteiger partial charge in [-0.05, 0) is 27.6 Å². The highest BCUT2D eigenvalue weighted by Gasteiger charge is 2.08. The molecule has 0 saturated carbocycles. The van der Waals surface area contributed by atoms with Crippen LogP contribution in [0.4, 0.5) is 4.39 Å². The third-order valence-electron chi connectivity index (χ3n) is 1.79. The minimum absolute atomic E-state index is 0.0197. The van der Waals surface area contributed by atoms with Gasteiger partial charge in [0.15, 0.2) is 0 Å². The van der Waals surface area contributed by atoms with E-state index >= 15 is 0 Å². The second-order valence-corrected chi connectivity index (χ2v) is 4.04. The van der Waals surface area contributed by atoms with Gasteiger partial charge in [-0.2, -0.15) is 0 Å². The van der Waals surface area contributed by atoms with Gasteiger partial charge in [0.2, 0.25) is 0 Å². The molecule has 1 rings (SSSR count). The van der Waals surface area contributed by atoms with E-state index in [2.05, 4.69) is 15.9 Å². The Morgan fingerprint density at radius 1 is 1.50 bits per heavy atom. The maximum Gasteiger partial charge on any atom is 0.138 e. The second-order valence-electron chi connectivity index (χ2n) is 2.87. The van der Waals surface area contributed by atoms with Crippen LogP contribution >= 0.6 is 27.5 Å². The molecule has 0 fully saturated rings. The summed E-state index contributed by atoms with van der Waals surface area (Å²) in [6.07, 6.45) is 0.551. The molecule has 1 aromatic rings. The molecule has 0 spiro atoms. The van der Waals surface area contributed by atoms with E-state index in [9.17, 15) is 9.18 Å². The summed E-state index contributed by atoms with van der Waals surface area (Å²) >= 11 is 8.53. The summed E-state index contributed by atoms with van der Waals surface area (Å²) in [6.45, 7) is 0. The molecule has 0 N–H and O–H groups in total. The van der Waals surface area contributed by atoms with Crippen molar-refractivity contribution in [2.24, 2.45) is 0 Å². The molecule has 0 atom stereocenters. The van der Waals surface area contributed by atoms with Gasteiger partial charge >= 0.3 is 0 Å². The second kappa shape index (κ2) is 5.47. The number of ketones is 1. The molecule has 0 saturated heterocycles. The van der Waals surface area contributed by atoms with Gasteiger partial charge in [-0.1, -0.05) is 12.1 Å². The van der Waals surface area contributed by atoms with Crippen LogP contribution in [0.25, 0.3) is 0 Å². The summed E-state index contributed by atoms with van der Waals surface area (Å²) < 4.78 is 13.4. The molecule has 0 bridgehead atoms. The molecular weight excluding hydrogens is 270 g/mol. The summed E-state index contributed by atoms with van der Waals surface area (Å²) in [5, 5.41) is 0. The van der Waals surface area contributed by atoms with Crippen LogP contribution in [0, 0.1) is 5.82 Å². The van der Waals surface area contributed by atoms with Crippen LogP contribution in [-0.2, 0) is 11.2 Å². The SMILES string of the molecule is O=C(CCCl)Cc1cccc(F)c1Br. The molecule has 14 heavy (non-hydrogen) atoms. The molecule has 0 aliphatic rings. The van der Waals surface area contributed by atoms with Gasteiger partial charge in [0, 0.05) is 18.7 Å². The number of benzene rings is 1. The Kier molecular flexibility index (Phi) is 4.55. The Hall–Kier alpha value is -0.410. The van der Waals surface area contributed by atoms with E-state index in [1.54, 1.807) is 12.1 Å². The van der Waals surface area contributed by atoms with Crippen molar-refractivity contribution in [1.29, 1.82) is 0 Å². The Bertz CT molecular complexity index is 341. The van der Waals surface area contributed by atoms with E-state index in [1.165, 1.54) is 6.07 Å². The maximum absolute atomic E-state index is 13.0. The van der Waals surface area contributed by atoms with Crippen LogP contribution in [0.5, 0.6) is 0 Å². The summed E-state index contributed by atoms with van der Waals surface area (Å²) in [5.41, 5.74) is 0.667. The topological polar surface area (TPSA) is 17.1 Å². The number of rotatable bonds is 4. The van der Waals surface area contributed by atoms with E-state index in [-0.39, 0.29) is 18.0 Å². The lowest BCUT2D eigenvalue weighted by atomic mass is 10.1. The standard InChI is InChI=1S/C10H9BrClFO/c11-10-7(2-1-3-9(10)13)6-8(14)4-5-12/h1-3H,4-6H2. The molecule has 1 aromatic carbocycles. The van der Waals surface area contributed by atoms with Crippen LogP contribution in [0.3, 0.4) is 0 Å². The predicted octanol–water partition coefficient (Wildman–Crippen LogP) is 3.33. The van der Waals surface area contributed by atoms with Crippen molar-refractivity contribution in [3.63, 3.8) is 0 Å². The summed E-state index contributed by atoms with van der Waals surface area (Å²) in [5.74, 6) is -0.0151. The molecule has 0 aliphatic heterocycles. The number of carbonyl (C=O) groups is 1. The summed E-state index contributed by atoms with van der Waals surface area (Å²) in [4.78, 5) is 11.2. The van der Waals surface area contributed by atoms with Crippen LogP contribution in [-0.4, -0.2) is 11.7 Å². The van der Waals surface area contributed by atoms with E-state index < -0.39 is 0 Å². The molecule has 0 amide bonds. The number of carbonyl (C=O) groups excluding carboxylic acids is 1. The lowest BCUT2D eigenvalue weighted by Gasteiger charge is -2.03. The third-order valence-corrected chi connectivity index (χ3v) is 2.87. The quantitative estimate of drug-likeness (QED) is 0.773. The normalized spacial score (nSPS) is 10.2.